The maximum absolute atomic E-state index is 13.6. The molecule has 0 aliphatic carbocycles. The molecule has 1 heterocycles. The van der Waals surface area contributed by atoms with Gasteiger partial charge in [-0.25, -0.2) is 9.37 Å². The Balaban J connectivity index is 2.40. The van der Waals surface area contributed by atoms with Gasteiger partial charge in [0.05, 0.1) is 5.02 Å². The van der Waals surface area contributed by atoms with Crippen LogP contribution in [-0.2, 0) is 0 Å². The van der Waals surface area contributed by atoms with Crippen molar-refractivity contribution >= 4 is 11.6 Å². The first-order chi connectivity index (χ1) is 8.47. The Hall–Kier alpha value is -1.61. The van der Waals surface area contributed by atoms with Gasteiger partial charge >= 0.3 is 0 Å². The third-order valence-electron chi connectivity index (χ3n) is 2.74. The number of rotatable bonds is 2. The third-order valence-corrected chi connectivity index (χ3v) is 2.95. The van der Waals surface area contributed by atoms with Crippen LogP contribution in [0.25, 0.3) is 0 Å². The SMILES string of the molecule is Cc1cc(C)c(C)c(Oc2ncc(Cl)cc2F)c1. The Morgan fingerprint density at radius 1 is 1.17 bits per heavy atom. The summed E-state index contributed by atoms with van der Waals surface area (Å²) in [6, 6.07) is 5.09. The number of nitrogens with zero attached hydrogens (tertiary/aromatic N) is 1. The molecule has 0 radical (unpaired) electrons. The highest BCUT2D eigenvalue weighted by atomic mass is 35.5. The fraction of sp³-hybridized carbons (Fsp3) is 0.214. The lowest BCUT2D eigenvalue weighted by Crippen LogP contribution is -1.95. The summed E-state index contributed by atoms with van der Waals surface area (Å²) in [6.45, 7) is 5.88. The molecule has 0 spiro atoms. The highest BCUT2D eigenvalue weighted by Gasteiger charge is 2.10. The second kappa shape index (κ2) is 4.94. The molecule has 2 aromatic rings. The van der Waals surface area contributed by atoms with E-state index in [2.05, 4.69) is 4.98 Å². The minimum atomic E-state index is -0.568. The van der Waals surface area contributed by atoms with E-state index in [4.69, 9.17) is 16.3 Å². The second-order valence-corrected chi connectivity index (χ2v) is 4.68. The van der Waals surface area contributed by atoms with Crippen LogP contribution in [0, 0.1) is 26.6 Å². The van der Waals surface area contributed by atoms with E-state index in [1.165, 1.54) is 12.3 Å². The number of aryl methyl sites for hydroxylation is 2. The van der Waals surface area contributed by atoms with Crippen molar-refractivity contribution in [3.63, 3.8) is 0 Å². The summed E-state index contributed by atoms with van der Waals surface area (Å²) in [5.41, 5.74) is 3.12. The molecule has 0 N–H and O–H groups in total. The van der Waals surface area contributed by atoms with Gasteiger partial charge in [-0.2, -0.15) is 0 Å². The Bertz CT molecular complexity index is 599. The van der Waals surface area contributed by atoms with Crippen LogP contribution in [0.5, 0.6) is 11.6 Å². The van der Waals surface area contributed by atoms with E-state index < -0.39 is 5.82 Å². The summed E-state index contributed by atoms with van der Waals surface area (Å²) >= 11 is 5.64. The Kier molecular flexibility index (Phi) is 3.53. The Labute approximate surface area is 110 Å². The van der Waals surface area contributed by atoms with Gasteiger partial charge in [-0.1, -0.05) is 17.7 Å². The first-order valence-electron chi connectivity index (χ1n) is 5.54. The molecule has 0 saturated carbocycles. The minimum Gasteiger partial charge on any atom is -0.436 e. The number of pyridine rings is 1. The van der Waals surface area contributed by atoms with Gasteiger partial charge in [0.15, 0.2) is 5.82 Å². The summed E-state index contributed by atoms with van der Waals surface area (Å²) in [7, 11) is 0. The molecule has 0 atom stereocenters. The molecule has 2 nitrogen and oxygen atoms in total. The normalized spacial score (nSPS) is 10.5. The summed E-state index contributed by atoms with van der Waals surface area (Å²) in [5.74, 6) is -0.0187. The number of hydrogen-bond acceptors (Lipinski definition) is 2. The average Bonchev–Trinajstić information content (AvgIpc) is 2.29. The molecule has 2 rings (SSSR count). The lowest BCUT2D eigenvalue weighted by molar-refractivity contribution is 0.419. The Morgan fingerprint density at radius 3 is 2.56 bits per heavy atom. The molecule has 1 aromatic heterocycles. The summed E-state index contributed by atoms with van der Waals surface area (Å²) in [5, 5.41) is 0.247. The lowest BCUT2D eigenvalue weighted by atomic mass is 10.1. The van der Waals surface area contributed by atoms with E-state index in [1.54, 1.807) is 0 Å². The van der Waals surface area contributed by atoms with Crippen molar-refractivity contribution in [3.05, 3.63) is 51.9 Å². The quantitative estimate of drug-likeness (QED) is 0.792. The fourth-order valence-corrected chi connectivity index (χ4v) is 1.83. The van der Waals surface area contributed by atoms with Crippen molar-refractivity contribution in [1.29, 1.82) is 0 Å². The molecule has 0 saturated heterocycles. The van der Waals surface area contributed by atoms with Gasteiger partial charge in [0.2, 0.25) is 0 Å². The standard InChI is InChI=1S/C14H13ClFNO/c1-8-4-9(2)10(3)13(5-8)18-14-12(16)6-11(15)7-17-14/h4-7H,1-3H3. The van der Waals surface area contributed by atoms with Crippen LogP contribution in [0.3, 0.4) is 0 Å². The van der Waals surface area contributed by atoms with E-state index >= 15 is 0 Å². The molecular formula is C14H13ClFNO. The number of benzene rings is 1. The minimum absolute atomic E-state index is 0.0625. The molecule has 0 bridgehead atoms. The number of ether oxygens (including phenoxy) is 1. The van der Waals surface area contributed by atoms with E-state index in [9.17, 15) is 4.39 Å². The van der Waals surface area contributed by atoms with Gasteiger partial charge in [0.25, 0.3) is 5.88 Å². The molecule has 0 aliphatic rings. The van der Waals surface area contributed by atoms with Crippen LogP contribution < -0.4 is 4.74 Å². The van der Waals surface area contributed by atoms with Crippen molar-refractivity contribution < 1.29 is 9.13 Å². The van der Waals surface area contributed by atoms with Gasteiger partial charge in [0, 0.05) is 6.20 Å². The summed E-state index contributed by atoms with van der Waals surface area (Å²) < 4.78 is 19.1. The number of aromatic nitrogens is 1. The number of halogens is 2. The highest BCUT2D eigenvalue weighted by molar-refractivity contribution is 6.30. The first-order valence-corrected chi connectivity index (χ1v) is 5.92. The summed E-state index contributed by atoms with van der Waals surface area (Å²) in [6.07, 6.45) is 1.36. The molecule has 0 aliphatic heterocycles. The van der Waals surface area contributed by atoms with Crippen LogP contribution >= 0.6 is 11.6 Å². The van der Waals surface area contributed by atoms with Gasteiger partial charge in [0.1, 0.15) is 5.75 Å². The predicted octanol–water partition coefficient (Wildman–Crippen LogP) is 4.59. The van der Waals surface area contributed by atoms with Gasteiger partial charge in [-0.05, 0) is 49.6 Å². The van der Waals surface area contributed by atoms with E-state index in [-0.39, 0.29) is 10.9 Å². The monoisotopic (exact) mass is 265 g/mol. The fourth-order valence-electron chi connectivity index (χ4n) is 1.69. The van der Waals surface area contributed by atoms with Crippen molar-refractivity contribution in [2.45, 2.75) is 20.8 Å². The maximum Gasteiger partial charge on any atom is 0.255 e. The van der Waals surface area contributed by atoms with Gasteiger partial charge in [-0.3, -0.25) is 0 Å². The Morgan fingerprint density at radius 2 is 1.89 bits per heavy atom. The largest absolute Gasteiger partial charge is 0.436 e. The summed E-state index contributed by atoms with van der Waals surface area (Å²) in [4.78, 5) is 3.84. The van der Waals surface area contributed by atoms with Crippen molar-refractivity contribution in [2.24, 2.45) is 0 Å². The number of hydrogen-bond donors (Lipinski definition) is 0. The smallest absolute Gasteiger partial charge is 0.255 e. The van der Waals surface area contributed by atoms with Crippen LogP contribution in [-0.4, -0.2) is 4.98 Å². The molecule has 4 heteroatoms. The van der Waals surface area contributed by atoms with Crippen LogP contribution in [0.4, 0.5) is 4.39 Å². The maximum atomic E-state index is 13.6. The van der Waals surface area contributed by atoms with Crippen LogP contribution in [0.15, 0.2) is 24.4 Å². The lowest BCUT2D eigenvalue weighted by Gasteiger charge is -2.11. The van der Waals surface area contributed by atoms with Crippen molar-refractivity contribution in [1.82, 2.24) is 4.98 Å². The molecule has 94 valence electrons. The topological polar surface area (TPSA) is 22.1 Å². The van der Waals surface area contributed by atoms with Crippen LogP contribution in [0.2, 0.25) is 5.02 Å². The third kappa shape index (κ3) is 2.62. The highest BCUT2D eigenvalue weighted by Crippen LogP contribution is 2.29. The van der Waals surface area contributed by atoms with Crippen LogP contribution in [0.1, 0.15) is 16.7 Å². The predicted molar refractivity (Wildman–Crippen MR) is 69.9 cm³/mol. The van der Waals surface area contributed by atoms with Crippen molar-refractivity contribution in [3.8, 4) is 11.6 Å². The molecular weight excluding hydrogens is 253 g/mol. The van der Waals surface area contributed by atoms with E-state index in [1.807, 2.05) is 32.9 Å². The second-order valence-electron chi connectivity index (χ2n) is 4.25. The molecule has 0 fully saturated rings. The van der Waals surface area contributed by atoms with Crippen molar-refractivity contribution in [2.75, 3.05) is 0 Å². The first kappa shape index (κ1) is 12.8. The molecule has 0 amide bonds. The van der Waals surface area contributed by atoms with Gasteiger partial charge < -0.3 is 4.74 Å². The zero-order valence-electron chi connectivity index (χ0n) is 10.4. The molecule has 18 heavy (non-hydrogen) atoms. The van der Waals surface area contributed by atoms with E-state index in [0.29, 0.717) is 5.75 Å². The van der Waals surface area contributed by atoms with E-state index in [0.717, 1.165) is 16.7 Å². The average molecular weight is 266 g/mol. The zero-order chi connectivity index (χ0) is 13.3. The van der Waals surface area contributed by atoms with Gasteiger partial charge in [-0.15, -0.1) is 0 Å². The molecule has 0 unspecified atom stereocenters. The zero-order valence-corrected chi connectivity index (χ0v) is 11.2. The molecule has 1 aromatic carbocycles.